The molecule has 3 nitrogen and oxygen atoms in total. The number of ketones is 1. The van der Waals surface area contributed by atoms with Gasteiger partial charge in [-0.25, -0.2) is 0 Å². The molecule has 0 aromatic rings. The Kier molecular flexibility index (Phi) is 1.73. The van der Waals surface area contributed by atoms with Gasteiger partial charge in [-0.05, 0) is 37.5 Å². The normalized spacial score (nSPS) is 45.2. The summed E-state index contributed by atoms with van der Waals surface area (Å²) in [6.07, 6.45) is 3.65. The van der Waals surface area contributed by atoms with E-state index in [9.17, 15) is 9.90 Å². The SMILES string of the molecule is O=C(CO)C1(O)CC2CCC1C2. The summed E-state index contributed by atoms with van der Waals surface area (Å²) >= 11 is 0. The van der Waals surface area contributed by atoms with E-state index in [2.05, 4.69) is 0 Å². The zero-order valence-electron chi connectivity index (χ0n) is 6.99. The van der Waals surface area contributed by atoms with Crippen LogP contribution in [0.2, 0.25) is 0 Å². The summed E-state index contributed by atoms with van der Waals surface area (Å²) < 4.78 is 0. The third-order valence-corrected chi connectivity index (χ3v) is 3.44. The van der Waals surface area contributed by atoms with Gasteiger partial charge in [0.25, 0.3) is 0 Å². The first kappa shape index (κ1) is 8.20. The minimum Gasteiger partial charge on any atom is -0.388 e. The average Bonchev–Trinajstić information content (AvgIpc) is 2.62. The molecule has 12 heavy (non-hydrogen) atoms. The number of carbonyl (C=O) groups excluding carboxylic acids is 1. The molecule has 2 rings (SSSR count). The van der Waals surface area contributed by atoms with Gasteiger partial charge in [0, 0.05) is 0 Å². The van der Waals surface area contributed by atoms with Gasteiger partial charge >= 0.3 is 0 Å². The Morgan fingerprint density at radius 2 is 2.25 bits per heavy atom. The molecule has 2 fully saturated rings. The van der Waals surface area contributed by atoms with Crippen LogP contribution >= 0.6 is 0 Å². The van der Waals surface area contributed by atoms with Crippen molar-refractivity contribution < 1.29 is 15.0 Å². The van der Waals surface area contributed by atoms with Gasteiger partial charge in [0.05, 0.1) is 0 Å². The number of hydrogen-bond donors (Lipinski definition) is 2. The summed E-state index contributed by atoms with van der Waals surface area (Å²) in [5, 5.41) is 18.6. The molecule has 0 saturated heterocycles. The monoisotopic (exact) mass is 170 g/mol. The van der Waals surface area contributed by atoms with Crippen molar-refractivity contribution in [2.45, 2.75) is 31.3 Å². The number of hydrogen-bond acceptors (Lipinski definition) is 3. The summed E-state index contributed by atoms with van der Waals surface area (Å²) in [7, 11) is 0. The molecule has 3 atom stereocenters. The molecule has 2 bridgehead atoms. The Labute approximate surface area is 71.4 Å². The van der Waals surface area contributed by atoms with Gasteiger partial charge < -0.3 is 10.2 Å². The predicted molar refractivity (Wildman–Crippen MR) is 42.5 cm³/mol. The van der Waals surface area contributed by atoms with Crippen molar-refractivity contribution in [3.8, 4) is 0 Å². The Hall–Kier alpha value is -0.410. The molecule has 2 aliphatic rings. The number of Topliss-reactive ketones (excluding diaryl/α,β-unsaturated/α-hetero) is 1. The fourth-order valence-electron chi connectivity index (χ4n) is 2.78. The van der Waals surface area contributed by atoms with Crippen LogP contribution in [0.25, 0.3) is 0 Å². The van der Waals surface area contributed by atoms with Gasteiger partial charge in [-0.3, -0.25) is 4.79 Å². The number of fused-ring (bicyclic) bond motifs is 2. The number of rotatable bonds is 2. The maximum Gasteiger partial charge on any atom is 0.189 e. The molecule has 0 amide bonds. The maximum absolute atomic E-state index is 11.2. The molecular weight excluding hydrogens is 156 g/mol. The topological polar surface area (TPSA) is 57.5 Å². The van der Waals surface area contributed by atoms with Crippen molar-refractivity contribution in [3.63, 3.8) is 0 Å². The van der Waals surface area contributed by atoms with Crippen molar-refractivity contribution in [2.75, 3.05) is 6.61 Å². The zero-order chi connectivity index (χ0) is 8.77. The maximum atomic E-state index is 11.2. The second-order valence-electron chi connectivity index (χ2n) is 4.09. The van der Waals surface area contributed by atoms with Crippen molar-refractivity contribution in [2.24, 2.45) is 11.8 Å². The summed E-state index contributed by atoms with van der Waals surface area (Å²) in [6.45, 7) is -0.514. The smallest absolute Gasteiger partial charge is 0.189 e. The quantitative estimate of drug-likeness (QED) is 0.618. The lowest BCUT2D eigenvalue weighted by Gasteiger charge is -2.29. The third kappa shape index (κ3) is 0.930. The van der Waals surface area contributed by atoms with Crippen LogP contribution < -0.4 is 0 Å². The number of aliphatic hydroxyl groups excluding tert-OH is 1. The Bertz CT molecular complexity index is 214. The van der Waals surface area contributed by atoms with Gasteiger partial charge in [-0.2, -0.15) is 0 Å². The lowest BCUT2D eigenvalue weighted by Crippen LogP contribution is -2.45. The van der Waals surface area contributed by atoms with Crippen molar-refractivity contribution in [1.82, 2.24) is 0 Å². The molecule has 0 aliphatic heterocycles. The highest BCUT2D eigenvalue weighted by atomic mass is 16.3. The predicted octanol–water partition coefficient (Wildman–Crippen LogP) is 0.0989. The van der Waals surface area contributed by atoms with Gasteiger partial charge in [0.15, 0.2) is 5.78 Å². The van der Waals surface area contributed by atoms with E-state index in [1.165, 1.54) is 0 Å². The second kappa shape index (κ2) is 2.54. The van der Waals surface area contributed by atoms with E-state index in [0.717, 1.165) is 19.3 Å². The molecule has 0 spiro atoms. The standard InChI is InChI=1S/C9H14O3/c10-5-8(11)9(12)4-6-1-2-7(9)3-6/h6-7,10,12H,1-5H2. The van der Waals surface area contributed by atoms with Crippen molar-refractivity contribution in [3.05, 3.63) is 0 Å². The van der Waals surface area contributed by atoms with E-state index in [-0.39, 0.29) is 11.7 Å². The molecule has 3 unspecified atom stereocenters. The van der Waals surface area contributed by atoms with Gasteiger partial charge in [-0.15, -0.1) is 0 Å². The molecule has 2 N–H and O–H groups in total. The second-order valence-corrected chi connectivity index (χ2v) is 4.09. The lowest BCUT2D eigenvalue weighted by atomic mass is 9.81. The molecule has 0 radical (unpaired) electrons. The highest BCUT2D eigenvalue weighted by Gasteiger charge is 2.53. The third-order valence-electron chi connectivity index (χ3n) is 3.44. The molecule has 0 aromatic carbocycles. The molecule has 2 saturated carbocycles. The van der Waals surface area contributed by atoms with E-state index in [1.807, 2.05) is 0 Å². The highest BCUT2D eigenvalue weighted by molar-refractivity contribution is 5.88. The largest absolute Gasteiger partial charge is 0.388 e. The zero-order valence-corrected chi connectivity index (χ0v) is 6.99. The Morgan fingerprint density at radius 1 is 1.50 bits per heavy atom. The van der Waals surface area contributed by atoms with E-state index < -0.39 is 12.2 Å². The number of carbonyl (C=O) groups is 1. The Balaban J connectivity index is 2.17. The van der Waals surface area contributed by atoms with Gasteiger partial charge in [-0.1, -0.05) is 0 Å². The summed E-state index contributed by atoms with van der Waals surface area (Å²) in [5.74, 6) is 0.271. The lowest BCUT2D eigenvalue weighted by molar-refractivity contribution is -0.145. The van der Waals surface area contributed by atoms with Crippen molar-refractivity contribution in [1.29, 1.82) is 0 Å². The van der Waals surface area contributed by atoms with Crippen LogP contribution in [0.4, 0.5) is 0 Å². The van der Waals surface area contributed by atoms with E-state index in [1.54, 1.807) is 0 Å². The van der Waals surface area contributed by atoms with Crippen molar-refractivity contribution >= 4 is 5.78 Å². The first-order chi connectivity index (χ1) is 5.66. The summed E-state index contributed by atoms with van der Waals surface area (Å²) in [6, 6.07) is 0. The average molecular weight is 170 g/mol. The van der Waals surface area contributed by atoms with Crippen LogP contribution in [0, 0.1) is 11.8 Å². The first-order valence-electron chi connectivity index (χ1n) is 4.53. The highest BCUT2D eigenvalue weighted by Crippen LogP contribution is 2.50. The summed E-state index contributed by atoms with van der Waals surface area (Å²) in [4.78, 5) is 11.2. The van der Waals surface area contributed by atoms with Crippen LogP contribution in [0.1, 0.15) is 25.7 Å². The molecule has 2 aliphatic carbocycles. The van der Waals surface area contributed by atoms with Crippen LogP contribution in [0.5, 0.6) is 0 Å². The van der Waals surface area contributed by atoms with E-state index >= 15 is 0 Å². The van der Waals surface area contributed by atoms with Gasteiger partial charge in [0.1, 0.15) is 12.2 Å². The molecule has 0 aromatic heterocycles. The number of aliphatic hydroxyl groups is 2. The van der Waals surface area contributed by atoms with Crippen LogP contribution in [0.3, 0.4) is 0 Å². The molecule has 0 heterocycles. The minimum absolute atomic E-state index is 0.127. The minimum atomic E-state index is -1.17. The van der Waals surface area contributed by atoms with Crippen LogP contribution in [0.15, 0.2) is 0 Å². The van der Waals surface area contributed by atoms with Crippen LogP contribution in [-0.2, 0) is 4.79 Å². The fourth-order valence-corrected chi connectivity index (χ4v) is 2.78. The molecule has 3 heteroatoms. The fraction of sp³-hybridized carbons (Fsp3) is 0.889. The summed E-state index contributed by atoms with van der Waals surface area (Å²) in [5.41, 5.74) is -1.17. The molecule has 68 valence electrons. The van der Waals surface area contributed by atoms with E-state index in [4.69, 9.17) is 5.11 Å². The Morgan fingerprint density at radius 3 is 2.67 bits per heavy atom. The first-order valence-corrected chi connectivity index (χ1v) is 4.53. The molecular formula is C9H14O3. The van der Waals surface area contributed by atoms with Crippen LogP contribution in [-0.4, -0.2) is 28.2 Å². The van der Waals surface area contributed by atoms with Gasteiger partial charge in [0.2, 0.25) is 0 Å². The van der Waals surface area contributed by atoms with E-state index in [0.29, 0.717) is 12.3 Å².